The lowest BCUT2D eigenvalue weighted by atomic mass is 10.9. The van der Waals surface area contributed by atoms with Crippen LogP contribution in [-0.2, 0) is 0 Å². The minimum atomic E-state index is 0.333. The molecule has 0 saturated carbocycles. The van der Waals surface area contributed by atoms with E-state index >= 15 is 0 Å². The first-order valence-corrected chi connectivity index (χ1v) is 1.50. The summed E-state index contributed by atoms with van der Waals surface area (Å²) in [6.07, 6.45) is 1.14. The van der Waals surface area contributed by atoms with Gasteiger partial charge in [-0.2, -0.15) is 0 Å². The molecule has 0 aromatic carbocycles. The molecule has 0 heterocycles. The van der Waals surface area contributed by atoms with Crippen LogP contribution in [0.4, 0.5) is 0 Å². The number of hydrogen-bond acceptors (Lipinski definition) is 1. The predicted molar refractivity (Wildman–Crippen MR) is 19.5 cm³/mol. The van der Waals surface area contributed by atoms with Crippen molar-refractivity contribution in [3.8, 4) is 0 Å². The smallest absolute Gasteiger partial charge is 0.0570 e. The van der Waals surface area contributed by atoms with Gasteiger partial charge in [0, 0.05) is 6.21 Å². The van der Waals surface area contributed by atoms with Crippen LogP contribution in [0.2, 0.25) is 0 Å². The van der Waals surface area contributed by atoms with Gasteiger partial charge in [0.15, 0.2) is 0 Å². The van der Waals surface area contributed by atoms with Crippen molar-refractivity contribution in [3.05, 3.63) is 0 Å². The summed E-state index contributed by atoms with van der Waals surface area (Å²) in [6, 6.07) is 0. The molecule has 2 heteroatoms. The molecule has 0 radical (unpaired) electrons. The van der Waals surface area contributed by atoms with Gasteiger partial charge in [-0.3, -0.25) is 0 Å². The summed E-state index contributed by atoms with van der Waals surface area (Å²) in [5, 5.41) is 6.19. The van der Waals surface area contributed by atoms with Crippen molar-refractivity contribution in [2.24, 2.45) is 0 Å². The van der Waals surface area contributed by atoms with Gasteiger partial charge in [0.1, 0.15) is 0 Å². The Morgan fingerprint density at radius 3 is 2.25 bits per heavy atom. The maximum Gasteiger partial charge on any atom is 0.0570 e. The van der Waals surface area contributed by atoms with E-state index in [0.717, 1.165) is 6.21 Å². The fraction of sp³-hybridized carbons (Fsp3) is 0.500. The van der Waals surface area contributed by atoms with E-state index in [9.17, 15) is 0 Å². The van der Waals surface area contributed by atoms with Crippen molar-refractivity contribution in [3.63, 3.8) is 0 Å². The highest BCUT2D eigenvalue weighted by Gasteiger charge is 1.50. The van der Waals surface area contributed by atoms with E-state index in [4.69, 9.17) is 17.0 Å². The van der Waals surface area contributed by atoms with E-state index < -0.39 is 0 Å². The Morgan fingerprint density at radius 1 is 2.00 bits per heavy atom. The quantitative estimate of drug-likeness (QED) is 0.355. The second-order valence-corrected chi connectivity index (χ2v) is 0.667. The van der Waals surface area contributed by atoms with Gasteiger partial charge in [-0.15, -0.1) is 11.6 Å². The zero-order valence-electron chi connectivity index (χ0n) is 2.16. The highest BCUT2D eigenvalue weighted by Crippen LogP contribution is 1.58. The first-order chi connectivity index (χ1) is 1.91. The molecule has 0 spiro atoms. The largest absolute Gasteiger partial charge is 0.312 e. The zero-order chi connectivity index (χ0) is 3.41. The molecule has 1 N–H and O–H groups in total. The molecule has 0 fully saturated rings. The van der Waals surface area contributed by atoms with Gasteiger partial charge in [-0.05, 0) is 0 Å². The van der Waals surface area contributed by atoms with Gasteiger partial charge >= 0.3 is 0 Å². The van der Waals surface area contributed by atoms with Crippen molar-refractivity contribution in [2.45, 2.75) is 0 Å². The van der Waals surface area contributed by atoms with Crippen molar-refractivity contribution in [2.75, 3.05) is 5.88 Å². The molecule has 24 valence electrons. The number of hydrogen-bond donors (Lipinski definition) is 1. The summed E-state index contributed by atoms with van der Waals surface area (Å²) < 4.78 is 0. The third-order valence-electron chi connectivity index (χ3n) is 0.0772. The lowest BCUT2D eigenvalue weighted by molar-refractivity contribution is 1.55. The van der Waals surface area contributed by atoms with E-state index in [1.165, 1.54) is 0 Å². The monoisotopic (exact) mass is 77.0 g/mol. The second-order valence-electron chi connectivity index (χ2n) is 0.358. The molecule has 0 aromatic heterocycles. The second kappa shape index (κ2) is 2.96. The average Bonchev–Trinajstić information content (AvgIpc) is 1.37. The van der Waals surface area contributed by atoms with Crippen molar-refractivity contribution >= 4 is 17.8 Å². The minimum Gasteiger partial charge on any atom is -0.312 e. The molecular formula is C2H4ClN. The third kappa shape index (κ3) is 1.96. The Morgan fingerprint density at radius 2 is 2.25 bits per heavy atom. The van der Waals surface area contributed by atoms with Crippen molar-refractivity contribution in [1.82, 2.24) is 0 Å². The van der Waals surface area contributed by atoms with Gasteiger partial charge in [0.2, 0.25) is 0 Å². The van der Waals surface area contributed by atoms with Gasteiger partial charge in [-0.25, -0.2) is 0 Å². The van der Waals surface area contributed by atoms with E-state index in [1.54, 1.807) is 0 Å². The Labute approximate surface area is 30.1 Å². The van der Waals surface area contributed by atoms with Crippen molar-refractivity contribution in [1.29, 1.82) is 5.41 Å². The molecule has 0 bridgehead atoms. The topological polar surface area (TPSA) is 23.9 Å². The first kappa shape index (κ1) is 3.96. The summed E-state index contributed by atoms with van der Waals surface area (Å²) in [4.78, 5) is 0. The lowest BCUT2D eigenvalue weighted by Gasteiger charge is -1.53. The van der Waals surface area contributed by atoms with Crippen LogP contribution in [0.25, 0.3) is 0 Å². The highest BCUT2D eigenvalue weighted by atomic mass is 35.5. The maximum atomic E-state index is 6.19. The molecule has 0 rings (SSSR count). The Bertz CT molecular complexity index is 20.0. The van der Waals surface area contributed by atoms with E-state index in [-0.39, 0.29) is 0 Å². The molecule has 0 amide bonds. The number of nitrogens with one attached hydrogen (secondary N) is 1. The first-order valence-electron chi connectivity index (χ1n) is 0.964. The van der Waals surface area contributed by atoms with E-state index in [0.29, 0.717) is 5.88 Å². The molecule has 0 aliphatic heterocycles. The highest BCUT2D eigenvalue weighted by molar-refractivity contribution is 6.24. The Hall–Kier alpha value is -0.0400. The summed E-state index contributed by atoms with van der Waals surface area (Å²) in [7, 11) is 0. The molecule has 0 aliphatic rings. The van der Waals surface area contributed by atoms with E-state index in [2.05, 4.69) is 0 Å². The molecular weight excluding hydrogens is 73.5 g/mol. The standard InChI is InChI=1S/C2H4ClN/c3-1-2-4/h2,4H,1H2. The van der Waals surface area contributed by atoms with Crippen LogP contribution in [0.5, 0.6) is 0 Å². The molecule has 4 heavy (non-hydrogen) atoms. The normalized spacial score (nSPS) is 6.25. The van der Waals surface area contributed by atoms with Crippen LogP contribution >= 0.6 is 11.6 Å². The van der Waals surface area contributed by atoms with Gasteiger partial charge in [-0.1, -0.05) is 0 Å². The predicted octanol–water partition coefficient (Wildman–Crippen LogP) is 0.875. The van der Waals surface area contributed by atoms with Gasteiger partial charge in [0.05, 0.1) is 5.88 Å². The van der Waals surface area contributed by atoms with Crippen molar-refractivity contribution < 1.29 is 0 Å². The SMILES string of the molecule is N=CCCl. The number of rotatable bonds is 1. The van der Waals surface area contributed by atoms with Crippen LogP contribution in [0.1, 0.15) is 0 Å². The Kier molecular flexibility index (Phi) is 2.93. The molecule has 0 saturated heterocycles. The fourth-order valence-electron chi connectivity index (χ4n) is 0. The summed E-state index contributed by atoms with van der Waals surface area (Å²) >= 11 is 4.94. The van der Waals surface area contributed by atoms with Crippen LogP contribution in [0, 0.1) is 5.41 Å². The average molecular weight is 77.5 g/mol. The van der Waals surface area contributed by atoms with E-state index in [1.807, 2.05) is 0 Å². The zero-order valence-corrected chi connectivity index (χ0v) is 2.92. The van der Waals surface area contributed by atoms with Crippen LogP contribution < -0.4 is 0 Å². The number of halogens is 1. The third-order valence-corrected chi connectivity index (χ3v) is 0.231. The van der Waals surface area contributed by atoms with Crippen LogP contribution in [0.3, 0.4) is 0 Å². The number of alkyl halides is 1. The fourth-order valence-corrected chi connectivity index (χ4v) is 0. The Balaban J connectivity index is 2.30. The van der Waals surface area contributed by atoms with Crippen LogP contribution in [-0.4, -0.2) is 12.1 Å². The van der Waals surface area contributed by atoms with Crippen LogP contribution in [0.15, 0.2) is 0 Å². The lowest BCUT2D eigenvalue weighted by Crippen LogP contribution is -1.61. The molecule has 0 unspecified atom stereocenters. The molecule has 0 atom stereocenters. The molecule has 0 aliphatic carbocycles. The molecule has 1 nitrogen and oxygen atoms in total. The summed E-state index contributed by atoms with van der Waals surface area (Å²) in [5.41, 5.74) is 0. The summed E-state index contributed by atoms with van der Waals surface area (Å²) in [5.74, 6) is 0.333. The maximum absolute atomic E-state index is 6.19. The van der Waals surface area contributed by atoms with Gasteiger partial charge < -0.3 is 5.41 Å². The molecule has 0 aromatic rings. The van der Waals surface area contributed by atoms with Gasteiger partial charge in [0.25, 0.3) is 0 Å². The summed E-state index contributed by atoms with van der Waals surface area (Å²) in [6.45, 7) is 0. The minimum absolute atomic E-state index is 0.333.